The summed E-state index contributed by atoms with van der Waals surface area (Å²) >= 11 is 0. The van der Waals surface area contributed by atoms with Crippen molar-refractivity contribution < 1.29 is 9.53 Å². The van der Waals surface area contributed by atoms with E-state index in [0.29, 0.717) is 13.0 Å². The van der Waals surface area contributed by atoms with Crippen molar-refractivity contribution in [3.63, 3.8) is 0 Å². The van der Waals surface area contributed by atoms with Gasteiger partial charge in [0.15, 0.2) is 5.78 Å². The molecule has 0 aliphatic heterocycles. The highest BCUT2D eigenvalue weighted by atomic mass is 16.5. The molecule has 0 radical (unpaired) electrons. The van der Waals surface area contributed by atoms with Crippen LogP contribution in [0.15, 0.2) is 18.2 Å². The first-order chi connectivity index (χ1) is 8.22. The van der Waals surface area contributed by atoms with Gasteiger partial charge < -0.3 is 4.74 Å². The highest BCUT2D eigenvalue weighted by Crippen LogP contribution is 2.23. The molecule has 0 aliphatic carbocycles. The molecule has 0 aliphatic rings. The number of hydrogen-bond donors (Lipinski definition) is 0. The Balaban J connectivity index is 2.95. The van der Waals surface area contributed by atoms with Gasteiger partial charge in [0.1, 0.15) is 5.75 Å². The maximum absolute atomic E-state index is 12.1. The van der Waals surface area contributed by atoms with E-state index < -0.39 is 0 Å². The molecule has 0 aromatic heterocycles. The number of aryl methyl sites for hydroxylation is 1. The molecular weight excluding hydrogens is 212 g/mol. The average molecular weight is 234 g/mol. The van der Waals surface area contributed by atoms with E-state index >= 15 is 0 Å². The standard InChI is InChI=1S/C15H22O2/c1-4-7-8-14(16)13-11-12(5-2)9-10-15(13)17-6-3/h9-11H,4-8H2,1-3H3. The van der Waals surface area contributed by atoms with Gasteiger partial charge in [-0.05, 0) is 37.5 Å². The minimum absolute atomic E-state index is 0.200. The number of carbonyl (C=O) groups is 1. The summed E-state index contributed by atoms with van der Waals surface area (Å²) in [5.41, 5.74) is 1.94. The van der Waals surface area contributed by atoms with Crippen LogP contribution in [0.1, 0.15) is 56.0 Å². The zero-order chi connectivity index (χ0) is 12.7. The van der Waals surface area contributed by atoms with Crippen molar-refractivity contribution in [3.05, 3.63) is 29.3 Å². The van der Waals surface area contributed by atoms with Gasteiger partial charge in [0.25, 0.3) is 0 Å². The Hall–Kier alpha value is -1.31. The molecule has 0 N–H and O–H groups in total. The van der Waals surface area contributed by atoms with Crippen LogP contribution in [-0.2, 0) is 6.42 Å². The molecule has 0 amide bonds. The average Bonchev–Trinajstić information content (AvgIpc) is 2.36. The van der Waals surface area contributed by atoms with Gasteiger partial charge in [0.2, 0.25) is 0 Å². The zero-order valence-corrected chi connectivity index (χ0v) is 11.1. The van der Waals surface area contributed by atoms with Crippen LogP contribution in [0.2, 0.25) is 0 Å². The monoisotopic (exact) mass is 234 g/mol. The Bertz CT molecular complexity index is 369. The quantitative estimate of drug-likeness (QED) is 0.666. The van der Waals surface area contributed by atoms with E-state index in [1.165, 1.54) is 5.56 Å². The van der Waals surface area contributed by atoms with Crippen LogP contribution in [-0.4, -0.2) is 12.4 Å². The lowest BCUT2D eigenvalue weighted by Gasteiger charge is -2.10. The Morgan fingerprint density at radius 1 is 1.24 bits per heavy atom. The van der Waals surface area contributed by atoms with Crippen LogP contribution in [0.25, 0.3) is 0 Å². The van der Waals surface area contributed by atoms with E-state index in [0.717, 1.165) is 30.6 Å². The van der Waals surface area contributed by atoms with Crippen molar-refractivity contribution in [1.82, 2.24) is 0 Å². The first-order valence-corrected chi connectivity index (χ1v) is 6.51. The SMILES string of the molecule is CCCCC(=O)c1cc(CC)ccc1OCC. The van der Waals surface area contributed by atoms with Crippen molar-refractivity contribution in [2.75, 3.05) is 6.61 Å². The lowest BCUT2D eigenvalue weighted by atomic mass is 10.0. The first-order valence-electron chi connectivity index (χ1n) is 6.51. The van der Waals surface area contributed by atoms with E-state index in [-0.39, 0.29) is 5.78 Å². The maximum atomic E-state index is 12.1. The van der Waals surface area contributed by atoms with Crippen LogP contribution in [0.3, 0.4) is 0 Å². The third-order valence-electron chi connectivity index (χ3n) is 2.81. The van der Waals surface area contributed by atoms with Gasteiger partial charge >= 0.3 is 0 Å². The fraction of sp³-hybridized carbons (Fsp3) is 0.533. The number of ether oxygens (including phenoxy) is 1. The van der Waals surface area contributed by atoms with Gasteiger partial charge in [-0.15, -0.1) is 0 Å². The molecule has 1 rings (SSSR count). The molecule has 1 aromatic carbocycles. The van der Waals surface area contributed by atoms with E-state index in [1.54, 1.807) is 0 Å². The summed E-state index contributed by atoms with van der Waals surface area (Å²) in [6, 6.07) is 5.92. The van der Waals surface area contributed by atoms with Crippen molar-refractivity contribution in [1.29, 1.82) is 0 Å². The lowest BCUT2D eigenvalue weighted by Crippen LogP contribution is -2.05. The van der Waals surface area contributed by atoms with Crippen LogP contribution in [0.5, 0.6) is 5.75 Å². The number of benzene rings is 1. The summed E-state index contributed by atoms with van der Waals surface area (Å²) in [5.74, 6) is 0.927. The van der Waals surface area contributed by atoms with E-state index in [2.05, 4.69) is 13.8 Å². The maximum Gasteiger partial charge on any atom is 0.166 e. The molecule has 0 saturated heterocycles. The number of ketones is 1. The van der Waals surface area contributed by atoms with Gasteiger partial charge in [0, 0.05) is 6.42 Å². The molecule has 0 unspecified atom stereocenters. The molecular formula is C15H22O2. The van der Waals surface area contributed by atoms with Gasteiger partial charge in [-0.25, -0.2) is 0 Å². The van der Waals surface area contributed by atoms with Crippen LogP contribution in [0, 0.1) is 0 Å². The largest absolute Gasteiger partial charge is 0.493 e. The van der Waals surface area contributed by atoms with E-state index in [4.69, 9.17) is 4.74 Å². The third-order valence-corrected chi connectivity index (χ3v) is 2.81. The normalized spacial score (nSPS) is 10.3. The van der Waals surface area contributed by atoms with Crippen LogP contribution in [0.4, 0.5) is 0 Å². The Morgan fingerprint density at radius 2 is 2.00 bits per heavy atom. The molecule has 2 nitrogen and oxygen atoms in total. The fourth-order valence-electron chi connectivity index (χ4n) is 1.77. The van der Waals surface area contributed by atoms with Gasteiger partial charge in [-0.1, -0.05) is 26.3 Å². The van der Waals surface area contributed by atoms with Crippen molar-refractivity contribution in [2.24, 2.45) is 0 Å². The van der Waals surface area contributed by atoms with Gasteiger partial charge in [-0.3, -0.25) is 4.79 Å². The number of hydrogen-bond acceptors (Lipinski definition) is 2. The van der Waals surface area contributed by atoms with E-state index in [9.17, 15) is 4.79 Å². The minimum Gasteiger partial charge on any atom is -0.493 e. The summed E-state index contributed by atoms with van der Waals surface area (Å²) < 4.78 is 5.52. The molecule has 0 saturated carbocycles. The smallest absolute Gasteiger partial charge is 0.166 e. The lowest BCUT2D eigenvalue weighted by molar-refractivity contribution is 0.0976. The van der Waals surface area contributed by atoms with Crippen LogP contribution < -0.4 is 4.74 Å². The van der Waals surface area contributed by atoms with Crippen molar-refractivity contribution in [2.45, 2.75) is 46.5 Å². The molecule has 17 heavy (non-hydrogen) atoms. The Kier molecular flexibility index (Phi) is 5.75. The molecule has 0 fully saturated rings. The summed E-state index contributed by atoms with van der Waals surface area (Å²) in [6.45, 7) is 6.72. The molecule has 0 spiro atoms. The first kappa shape index (κ1) is 13.8. The topological polar surface area (TPSA) is 26.3 Å². The fourth-order valence-corrected chi connectivity index (χ4v) is 1.77. The van der Waals surface area contributed by atoms with Gasteiger partial charge in [0.05, 0.1) is 12.2 Å². The summed E-state index contributed by atoms with van der Waals surface area (Å²) in [5, 5.41) is 0. The molecule has 0 atom stereocenters. The second-order valence-corrected chi connectivity index (χ2v) is 4.14. The second kappa shape index (κ2) is 7.10. The third kappa shape index (κ3) is 3.88. The predicted octanol–water partition coefficient (Wildman–Crippen LogP) is 4.02. The highest BCUT2D eigenvalue weighted by Gasteiger charge is 2.12. The van der Waals surface area contributed by atoms with Crippen molar-refractivity contribution >= 4 is 5.78 Å². The molecule has 0 heterocycles. The van der Waals surface area contributed by atoms with E-state index in [1.807, 2.05) is 25.1 Å². The number of rotatable bonds is 7. The number of carbonyl (C=O) groups excluding carboxylic acids is 1. The molecule has 1 aromatic rings. The molecule has 94 valence electrons. The Labute approximate surface area is 104 Å². The molecule has 0 bridgehead atoms. The molecule has 2 heteroatoms. The minimum atomic E-state index is 0.200. The van der Waals surface area contributed by atoms with Gasteiger partial charge in [-0.2, -0.15) is 0 Å². The zero-order valence-electron chi connectivity index (χ0n) is 11.1. The highest BCUT2D eigenvalue weighted by molar-refractivity contribution is 5.98. The Morgan fingerprint density at radius 3 is 2.59 bits per heavy atom. The van der Waals surface area contributed by atoms with Crippen LogP contribution >= 0.6 is 0 Å². The van der Waals surface area contributed by atoms with Crippen molar-refractivity contribution in [3.8, 4) is 5.75 Å². The number of Topliss-reactive ketones (excluding diaryl/α,β-unsaturated/α-hetero) is 1. The summed E-state index contributed by atoms with van der Waals surface area (Å²) in [4.78, 5) is 12.1. The second-order valence-electron chi connectivity index (χ2n) is 4.14. The summed E-state index contributed by atoms with van der Waals surface area (Å²) in [7, 11) is 0. The predicted molar refractivity (Wildman–Crippen MR) is 70.8 cm³/mol. The summed E-state index contributed by atoms with van der Waals surface area (Å²) in [6.07, 6.45) is 3.55. The number of unbranched alkanes of at least 4 members (excludes halogenated alkanes) is 1.